The molecule has 7 nitrogen and oxygen atoms in total. The number of nitrogens with zero attached hydrogens (tertiary/aromatic N) is 3. The van der Waals surface area contributed by atoms with Gasteiger partial charge in [-0.05, 0) is 23.8 Å². The first-order valence-corrected chi connectivity index (χ1v) is 8.55. The highest BCUT2D eigenvalue weighted by atomic mass is 16.6. The molecule has 7 heteroatoms. The Morgan fingerprint density at radius 2 is 1.71 bits per heavy atom. The first kappa shape index (κ1) is 17.4. The van der Waals surface area contributed by atoms with Gasteiger partial charge in [-0.2, -0.15) is 4.98 Å². The van der Waals surface area contributed by atoms with Gasteiger partial charge in [0.1, 0.15) is 12.4 Å². The maximum atomic E-state index is 10.9. The van der Waals surface area contributed by atoms with Gasteiger partial charge in [0, 0.05) is 23.3 Å². The van der Waals surface area contributed by atoms with Gasteiger partial charge in [-0.25, -0.2) is 0 Å². The lowest BCUT2D eigenvalue weighted by Crippen LogP contribution is -1.95. The molecule has 0 atom stereocenters. The third-order valence-electron chi connectivity index (χ3n) is 4.07. The predicted octanol–water partition coefficient (Wildman–Crippen LogP) is 4.89. The van der Waals surface area contributed by atoms with Crippen LogP contribution in [0.3, 0.4) is 0 Å². The fraction of sp³-hybridized carbons (Fsp3) is 0.0476. The molecule has 0 radical (unpaired) electrons. The molecular formula is C21H15N3O4. The van der Waals surface area contributed by atoms with Crippen molar-refractivity contribution >= 4 is 5.69 Å². The van der Waals surface area contributed by atoms with Crippen LogP contribution in [0.25, 0.3) is 22.8 Å². The minimum atomic E-state index is -0.460. The number of nitro benzene ring substituents is 1. The Balaban J connectivity index is 1.54. The second-order valence-electron chi connectivity index (χ2n) is 6.03. The Labute approximate surface area is 160 Å². The molecule has 28 heavy (non-hydrogen) atoms. The van der Waals surface area contributed by atoms with Crippen LogP contribution in [0.15, 0.2) is 83.4 Å². The summed E-state index contributed by atoms with van der Waals surface area (Å²) >= 11 is 0. The summed E-state index contributed by atoms with van der Waals surface area (Å²) in [5.41, 5.74) is 2.26. The average Bonchev–Trinajstić information content (AvgIpc) is 3.24. The van der Waals surface area contributed by atoms with Crippen LogP contribution in [-0.2, 0) is 6.61 Å². The van der Waals surface area contributed by atoms with Crippen LogP contribution in [0.4, 0.5) is 5.69 Å². The van der Waals surface area contributed by atoms with Crippen molar-refractivity contribution in [3.05, 3.63) is 94.5 Å². The van der Waals surface area contributed by atoms with E-state index in [1.165, 1.54) is 12.1 Å². The number of non-ortho nitro benzene ring substituents is 1. The van der Waals surface area contributed by atoms with Gasteiger partial charge in [-0.1, -0.05) is 53.7 Å². The van der Waals surface area contributed by atoms with Gasteiger partial charge in [0.2, 0.25) is 5.82 Å². The van der Waals surface area contributed by atoms with Gasteiger partial charge >= 0.3 is 0 Å². The molecule has 0 saturated carbocycles. The van der Waals surface area contributed by atoms with E-state index >= 15 is 0 Å². The van der Waals surface area contributed by atoms with Crippen LogP contribution in [0, 0.1) is 10.1 Å². The molecule has 0 amide bonds. The Hall–Kier alpha value is -4.00. The molecule has 1 aromatic heterocycles. The molecule has 0 fully saturated rings. The summed E-state index contributed by atoms with van der Waals surface area (Å²) in [6.45, 7) is 0.451. The maximum absolute atomic E-state index is 10.9. The predicted molar refractivity (Wildman–Crippen MR) is 103 cm³/mol. The average molecular weight is 373 g/mol. The van der Waals surface area contributed by atoms with E-state index in [1.54, 1.807) is 12.1 Å². The van der Waals surface area contributed by atoms with Crippen LogP contribution in [-0.4, -0.2) is 15.1 Å². The molecular weight excluding hydrogens is 358 g/mol. The first-order valence-electron chi connectivity index (χ1n) is 8.55. The zero-order valence-corrected chi connectivity index (χ0v) is 14.7. The SMILES string of the molecule is O=[N+]([O-])c1cccc(-c2noc(-c3cccc(OCc4ccccc4)c3)n2)c1. The van der Waals surface area contributed by atoms with Crippen molar-refractivity contribution in [2.45, 2.75) is 6.61 Å². The van der Waals surface area contributed by atoms with Gasteiger partial charge < -0.3 is 9.26 Å². The molecule has 0 spiro atoms. The number of nitro groups is 1. The number of rotatable bonds is 6. The largest absolute Gasteiger partial charge is 0.489 e. The molecule has 0 unspecified atom stereocenters. The van der Waals surface area contributed by atoms with Crippen LogP contribution in [0.1, 0.15) is 5.56 Å². The van der Waals surface area contributed by atoms with Gasteiger partial charge in [-0.15, -0.1) is 0 Å². The summed E-state index contributed by atoms with van der Waals surface area (Å²) in [6.07, 6.45) is 0. The summed E-state index contributed by atoms with van der Waals surface area (Å²) < 4.78 is 11.2. The van der Waals surface area contributed by atoms with Crippen molar-refractivity contribution in [2.24, 2.45) is 0 Å². The molecule has 0 aliphatic heterocycles. The highest BCUT2D eigenvalue weighted by molar-refractivity contribution is 5.62. The lowest BCUT2D eigenvalue weighted by molar-refractivity contribution is -0.384. The number of hydrogen-bond acceptors (Lipinski definition) is 6. The van der Waals surface area contributed by atoms with E-state index in [2.05, 4.69) is 10.1 Å². The minimum absolute atomic E-state index is 0.0276. The lowest BCUT2D eigenvalue weighted by Gasteiger charge is -2.06. The monoisotopic (exact) mass is 373 g/mol. The van der Waals surface area contributed by atoms with Gasteiger partial charge in [-0.3, -0.25) is 10.1 Å². The van der Waals surface area contributed by atoms with Crippen LogP contribution < -0.4 is 4.74 Å². The molecule has 0 aliphatic carbocycles. The fourth-order valence-electron chi connectivity index (χ4n) is 2.68. The van der Waals surface area contributed by atoms with Crippen LogP contribution in [0.5, 0.6) is 5.75 Å². The number of benzene rings is 3. The van der Waals surface area contributed by atoms with Crippen LogP contribution >= 0.6 is 0 Å². The summed E-state index contributed by atoms with van der Waals surface area (Å²) in [5.74, 6) is 1.28. The highest BCUT2D eigenvalue weighted by Crippen LogP contribution is 2.27. The number of ether oxygens (including phenoxy) is 1. The Morgan fingerprint density at radius 1 is 0.929 bits per heavy atom. The molecule has 0 aliphatic rings. The number of hydrogen-bond donors (Lipinski definition) is 0. The zero-order valence-electron chi connectivity index (χ0n) is 14.7. The van der Waals surface area contributed by atoms with Gasteiger partial charge in [0.15, 0.2) is 0 Å². The normalized spacial score (nSPS) is 10.6. The lowest BCUT2D eigenvalue weighted by atomic mass is 10.2. The highest BCUT2D eigenvalue weighted by Gasteiger charge is 2.14. The van der Waals surface area contributed by atoms with E-state index in [1.807, 2.05) is 54.6 Å². The van der Waals surface area contributed by atoms with Crippen molar-refractivity contribution in [1.82, 2.24) is 10.1 Å². The first-order chi connectivity index (χ1) is 13.7. The van der Waals surface area contributed by atoms with E-state index in [0.717, 1.165) is 5.56 Å². The second kappa shape index (κ2) is 7.71. The van der Waals surface area contributed by atoms with Crippen molar-refractivity contribution in [3.8, 4) is 28.6 Å². The second-order valence-corrected chi connectivity index (χ2v) is 6.03. The molecule has 1 heterocycles. The topological polar surface area (TPSA) is 91.3 Å². The Kier molecular flexibility index (Phi) is 4.79. The van der Waals surface area contributed by atoms with E-state index in [-0.39, 0.29) is 11.5 Å². The third-order valence-corrected chi connectivity index (χ3v) is 4.07. The summed E-state index contributed by atoms with van der Waals surface area (Å²) in [4.78, 5) is 14.8. The standard InChI is InChI=1S/C21H15N3O4/c25-24(26)18-10-4-8-16(12-18)20-22-21(28-23-20)17-9-5-11-19(13-17)27-14-15-6-2-1-3-7-15/h1-13H,14H2. The van der Waals surface area contributed by atoms with Crippen molar-refractivity contribution in [2.75, 3.05) is 0 Å². The third kappa shape index (κ3) is 3.88. The molecule has 3 aromatic carbocycles. The minimum Gasteiger partial charge on any atom is -0.489 e. The zero-order chi connectivity index (χ0) is 19.3. The Morgan fingerprint density at radius 3 is 2.54 bits per heavy atom. The van der Waals surface area contributed by atoms with Crippen molar-refractivity contribution < 1.29 is 14.2 Å². The molecule has 0 saturated heterocycles. The molecule has 138 valence electrons. The summed E-state index contributed by atoms with van der Waals surface area (Å²) in [7, 11) is 0. The molecule has 0 N–H and O–H groups in total. The van der Waals surface area contributed by atoms with Crippen molar-refractivity contribution in [3.63, 3.8) is 0 Å². The van der Waals surface area contributed by atoms with Crippen LogP contribution in [0.2, 0.25) is 0 Å². The maximum Gasteiger partial charge on any atom is 0.270 e. The van der Waals surface area contributed by atoms with E-state index in [9.17, 15) is 10.1 Å². The van der Waals surface area contributed by atoms with E-state index < -0.39 is 4.92 Å². The number of aromatic nitrogens is 2. The summed E-state index contributed by atoms with van der Waals surface area (Å²) in [6, 6.07) is 23.3. The van der Waals surface area contributed by atoms with Gasteiger partial charge in [0.05, 0.1) is 4.92 Å². The van der Waals surface area contributed by atoms with Gasteiger partial charge in [0.25, 0.3) is 11.6 Å². The van der Waals surface area contributed by atoms with E-state index in [4.69, 9.17) is 9.26 Å². The quantitative estimate of drug-likeness (QED) is 0.353. The Bertz CT molecular complexity index is 1110. The smallest absolute Gasteiger partial charge is 0.270 e. The molecule has 4 aromatic rings. The summed E-state index contributed by atoms with van der Waals surface area (Å²) in [5, 5.41) is 14.9. The molecule has 4 rings (SSSR count). The fourth-order valence-corrected chi connectivity index (χ4v) is 2.68. The molecule has 0 bridgehead atoms. The van der Waals surface area contributed by atoms with Crippen molar-refractivity contribution in [1.29, 1.82) is 0 Å². The van der Waals surface area contributed by atoms with E-state index in [0.29, 0.717) is 29.4 Å².